The van der Waals surface area contributed by atoms with Gasteiger partial charge in [0.25, 0.3) is 9.28 Å². The third-order valence-corrected chi connectivity index (χ3v) is 54.3. The number of carbonyl (C=O) groups excluding carboxylic acids is 5. The summed E-state index contributed by atoms with van der Waals surface area (Å²) >= 11 is 0. The molecule has 0 aromatic rings. The van der Waals surface area contributed by atoms with Gasteiger partial charge in [0, 0.05) is 82.0 Å². The number of carbonyl (C=O) groups is 5. The topological polar surface area (TPSA) is 298 Å². The molecule has 0 radical (unpaired) electrons. The average molecular weight is 2140 g/mol. The summed E-state index contributed by atoms with van der Waals surface area (Å²) in [5.41, 5.74) is -3.39. The molecule has 0 saturated carbocycles. The maximum Gasteiger partial charge on any atom is 0.522 e. The van der Waals surface area contributed by atoms with E-state index in [0.29, 0.717) is 80.7 Å². The minimum Gasteiger partial charge on any atom is -0.462 e. The predicted molar refractivity (Wildman–Crippen MR) is 522 cm³/mol. The molecule has 3 atom stereocenters. The number of esters is 5. The van der Waals surface area contributed by atoms with Gasteiger partial charge in [-0.1, -0.05) is 114 Å². The second kappa shape index (κ2) is 73.8. The van der Waals surface area contributed by atoms with Crippen molar-refractivity contribution in [2.75, 3.05) is 72.7 Å². The van der Waals surface area contributed by atoms with Crippen LogP contribution in [0.15, 0.2) is 73.4 Å². The summed E-state index contributed by atoms with van der Waals surface area (Å²) in [4.78, 5) is 66.6. The quantitative estimate of drug-likeness (QED) is 0.00836. The van der Waals surface area contributed by atoms with Crippen molar-refractivity contribution in [3.63, 3.8) is 0 Å². The molecule has 2 N–H and O–H groups in total. The van der Waals surface area contributed by atoms with E-state index in [1.165, 1.54) is 37.8 Å². The molecule has 0 amide bonds. The van der Waals surface area contributed by atoms with Crippen LogP contribution in [-0.4, -0.2) is 220 Å². The monoisotopic (exact) mass is 2140 g/mol. The summed E-state index contributed by atoms with van der Waals surface area (Å²) in [7, 11) is -26.4. The molecule has 2 fully saturated rings. The van der Waals surface area contributed by atoms with Crippen molar-refractivity contribution in [3.8, 4) is 0 Å². The van der Waals surface area contributed by atoms with Crippen molar-refractivity contribution < 1.29 is 143 Å². The molecule has 2 rings (SSSR count). The van der Waals surface area contributed by atoms with Crippen molar-refractivity contribution >= 4 is 134 Å². The molecule has 732 valence electrons. The van der Waals surface area contributed by atoms with Gasteiger partial charge in [0.2, 0.25) is 0 Å². The Labute approximate surface area is 769 Å². The van der Waals surface area contributed by atoms with Crippen LogP contribution < -0.4 is 0 Å². The van der Waals surface area contributed by atoms with Gasteiger partial charge >= 0.3 is 71.2 Å². The number of alkyl halides is 3. The normalized spacial score (nSPS) is 14.6. The van der Waals surface area contributed by atoms with Crippen molar-refractivity contribution in [1.82, 2.24) is 0 Å². The predicted octanol–water partition coefficient (Wildman–Crippen LogP) is 22.6. The molecule has 0 aromatic heterocycles. The van der Waals surface area contributed by atoms with Crippen LogP contribution >= 0.6 is 0 Å². The Hall–Kier alpha value is -1.88. The molecule has 0 aromatic carbocycles. The molecule has 24 nitrogen and oxygen atoms in total. The Morgan fingerprint density at radius 1 is 0.484 bits per heavy atom. The summed E-state index contributed by atoms with van der Waals surface area (Å²) in [6, 6.07) is 8.41. The zero-order chi connectivity index (χ0) is 91.8. The summed E-state index contributed by atoms with van der Waals surface area (Å²) < 4.78 is 145. The molecule has 0 spiro atoms. The van der Waals surface area contributed by atoms with Gasteiger partial charge in [-0.2, -0.15) is 21.6 Å². The maximum absolute atomic E-state index is 11.6. The minimum atomic E-state index is -5.84. The Balaban J connectivity index is -0.000000169. The van der Waals surface area contributed by atoms with Gasteiger partial charge in [-0.15, -0.1) is 6.58 Å². The van der Waals surface area contributed by atoms with E-state index in [0.717, 1.165) is 127 Å². The van der Waals surface area contributed by atoms with Crippen LogP contribution in [-0.2, 0) is 122 Å². The maximum atomic E-state index is 11.6. The van der Waals surface area contributed by atoms with Gasteiger partial charge in [0.15, 0.2) is 58.9 Å². The van der Waals surface area contributed by atoms with Crippen LogP contribution in [0.1, 0.15) is 174 Å². The fourth-order valence-corrected chi connectivity index (χ4v) is 52.2. The van der Waals surface area contributed by atoms with Crippen molar-refractivity contribution in [1.29, 1.82) is 0 Å². The second-order valence-corrected chi connectivity index (χ2v) is 77.4. The van der Waals surface area contributed by atoms with Crippen molar-refractivity contribution in [3.05, 3.63) is 73.4 Å². The van der Waals surface area contributed by atoms with Crippen molar-refractivity contribution in [2.45, 2.75) is 353 Å². The minimum absolute atomic E-state index is 0. The van der Waals surface area contributed by atoms with E-state index in [1.54, 1.807) is 40.7 Å². The summed E-state index contributed by atoms with van der Waals surface area (Å²) in [5, 5.41) is 0. The molecule has 3 unspecified atom stereocenters. The van der Waals surface area contributed by atoms with E-state index in [-0.39, 0.29) is 80.6 Å². The Morgan fingerprint density at radius 3 is 1.07 bits per heavy atom. The third-order valence-electron chi connectivity index (χ3n) is 16.6. The molecule has 2 aliphatic heterocycles. The van der Waals surface area contributed by atoms with Gasteiger partial charge in [-0.3, -0.25) is 4.55 Å². The van der Waals surface area contributed by atoms with E-state index < -0.39 is 110 Å². The molecule has 0 aliphatic carbocycles. The Kier molecular flexibility index (Phi) is 85.0. The van der Waals surface area contributed by atoms with Crippen LogP contribution in [0.2, 0.25) is 173 Å². The molecule has 2 aliphatic rings. The first-order valence-corrected chi connectivity index (χ1v) is 74.3. The molecular weight excluding hydrogens is 1960 g/mol. The SMILES string of the molecule is C.C.C.C.C=C(C)C(=O)OCCCC[Si](C)(C)O.C=C(C)C(=O)OCCCC[Si](C)(C)O[SiH](C)O[Si](C)(C)O[Si](C)(C)CCCCOC(=O)C(=C)C.C=C(C)C(=O)OCCCC[Si](C)(C)O[Si](C)(C)O[Si](C)(CCCOCC)O[Si](C)(C)CCCCOC(=O)C(=C)C.C=CCOCC.C[SiH]1CCCCO1.C[Si]1(C)CCCCO1.O=S(=O)(O)C(F)(F)F.[Pt]. The van der Waals surface area contributed by atoms with E-state index in [1.807, 2.05) is 26.9 Å². The second-order valence-electron chi connectivity index (χ2n) is 34.3. The number of rotatable bonds is 50. The standard InChI is InChI=1S/C28H58O8Si4.C23H48O7Si4.C10H20O3Si.C6H14OSi.C5H12OSi.C5H10O.CHF3O3S.4CH4.Pt/c1-13-31-19-18-24-40(12,35-38(8,9)23-17-15-21-33-28(30)26(4)5)36-39(10,11)34-37(6,7)22-16-14-20-32-27(29)25(2)3;1-20(2)22(24)26-16-12-14-18-32(6,7)28-31(5)29-34(10,11)30-33(8,9)19-15-13-17-27-23(25)21(3)4;1-9(2)10(11)13-7-5-6-8-14(3,4)12;1-8(2)6-4-3-5-7-8;1-7-5-3-2-4-6-7;1-3-5-6-4-2;2-1(3,4)8(5,6)7;;;;;/h2,4,13-24H2,1,3,5-12H3;31H,1,3,12-19H2,2,4-11H3;12H,1,5-8H2,2-4H3;3-6H2,1-2H3;7H,2-5H2,1H3;3H,1,4-5H2,2H3;(H,5,6,7);4*1H4;. The zero-order valence-electron chi connectivity index (χ0n) is 77.8. The number of hydrogen-bond donors (Lipinski definition) is 2. The number of ether oxygens (including phenoxy) is 7. The molecule has 40 heteroatoms. The summed E-state index contributed by atoms with van der Waals surface area (Å²) in [5.74, 6) is -1.65. The largest absolute Gasteiger partial charge is 0.522 e. The van der Waals surface area contributed by atoms with Crippen LogP contribution in [0.5, 0.6) is 0 Å². The summed E-state index contributed by atoms with van der Waals surface area (Å²) in [6.07, 6.45) is 16.8. The molecule has 0 bridgehead atoms. The molecule has 2 heterocycles. The van der Waals surface area contributed by atoms with E-state index >= 15 is 0 Å². The third kappa shape index (κ3) is 90.1. The Morgan fingerprint density at radius 2 is 0.811 bits per heavy atom. The first kappa shape index (κ1) is 141. The van der Waals surface area contributed by atoms with Gasteiger partial charge in [0.1, 0.15) is 0 Å². The van der Waals surface area contributed by atoms with Crippen LogP contribution in [0.4, 0.5) is 13.2 Å². The first-order valence-electron chi connectivity index (χ1n) is 41.5. The van der Waals surface area contributed by atoms with E-state index in [9.17, 15) is 41.9 Å². The van der Waals surface area contributed by atoms with Gasteiger partial charge in [-0.05, 0) is 273 Å². The van der Waals surface area contributed by atoms with Crippen LogP contribution in [0, 0.1) is 0 Å². The van der Waals surface area contributed by atoms with Crippen molar-refractivity contribution in [2.24, 2.45) is 0 Å². The fourth-order valence-electron chi connectivity index (χ4n) is 11.2. The number of halogens is 3. The smallest absolute Gasteiger partial charge is 0.462 e. The number of hydrogen-bond acceptors (Lipinski definition) is 23. The van der Waals surface area contributed by atoms with Crippen LogP contribution in [0.25, 0.3) is 0 Å². The van der Waals surface area contributed by atoms with Crippen LogP contribution in [0.3, 0.4) is 0 Å². The van der Waals surface area contributed by atoms with E-state index in [4.69, 9.17) is 79.7 Å². The fraction of sp³-hybridized carbons (Fsp3) is 0.793. The number of unbranched alkanes of at least 4 members (excludes halogenated alkanes) is 5. The molecule has 2 saturated heterocycles. The summed E-state index contributed by atoms with van der Waals surface area (Å²) in [6.45, 7) is 81.9. The zero-order valence-corrected chi connectivity index (χ0v) is 92.1. The first-order chi connectivity index (χ1) is 53.4. The Bertz CT molecular complexity index is 2970. The van der Waals surface area contributed by atoms with Gasteiger partial charge < -0.3 is 71.5 Å². The molecule has 122 heavy (non-hydrogen) atoms. The molecular formula is C82H179F3O24PtSSi11. The van der Waals surface area contributed by atoms with Gasteiger partial charge in [0.05, 0.1) is 39.6 Å². The average Bonchev–Trinajstić information content (AvgIpc) is 0.812. The van der Waals surface area contributed by atoms with E-state index in [2.05, 4.69) is 151 Å². The van der Waals surface area contributed by atoms with Gasteiger partial charge in [-0.25, -0.2) is 24.0 Å².